The zero-order chi connectivity index (χ0) is 12.4. The molecule has 0 aliphatic heterocycles. The van der Waals surface area contributed by atoms with Crippen molar-refractivity contribution in [1.29, 1.82) is 0 Å². The van der Waals surface area contributed by atoms with Crippen LogP contribution < -0.4 is 5.69 Å². The number of imidazole rings is 1. The number of carbonyl (C=O) groups is 1. The largest absolute Gasteiger partial charge is 0.323 e. The topological polar surface area (TPSA) is 109 Å². The van der Waals surface area contributed by atoms with Crippen molar-refractivity contribution in [3.05, 3.63) is 62.3 Å². The third-order valence-electron chi connectivity index (χ3n) is 2.16. The average molecular weight is 233 g/mol. The maximum Gasteiger partial charge on any atom is 0.323 e. The molecule has 1 heterocycles. The van der Waals surface area contributed by atoms with E-state index in [2.05, 4.69) is 9.97 Å². The van der Waals surface area contributed by atoms with Crippen molar-refractivity contribution in [3.8, 4) is 0 Å². The molecule has 0 aliphatic rings. The molecule has 7 nitrogen and oxygen atoms in total. The number of benzene rings is 1. The first-order chi connectivity index (χ1) is 8.08. The monoisotopic (exact) mass is 233 g/mol. The van der Waals surface area contributed by atoms with Crippen molar-refractivity contribution in [2.24, 2.45) is 0 Å². The second kappa shape index (κ2) is 4.05. The Kier molecular flexibility index (Phi) is 2.57. The first-order valence-corrected chi connectivity index (χ1v) is 4.65. The second-order valence-corrected chi connectivity index (χ2v) is 3.29. The fourth-order valence-electron chi connectivity index (χ4n) is 1.37. The third-order valence-corrected chi connectivity index (χ3v) is 2.16. The highest BCUT2D eigenvalue weighted by Crippen LogP contribution is 2.15. The van der Waals surface area contributed by atoms with Crippen LogP contribution in [0.3, 0.4) is 0 Å². The highest BCUT2D eigenvalue weighted by Gasteiger charge is 2.14. The summed E-state index contributed by atoms with van der Waals surface area (Å²) in [7, 11) is 0. The lowest BCUT2D eigenvalue weighted by molar-refractivity contribution is -0.384. The second-order valence-electron chi connectivity index (χ2n) is 3.29. The van der Waals surface area contributed by atoms with E-state index in [0.717, 1.165) is 6.07 Å². The lowest BCUT2D eigenvalue weighted by Gasteiger charge is -1.97. The number of nitrogens with one attached hydrogen (secondary N) is 2. The Balaban J connectivity index is 2.41. The van der Waals surface area contributed by atoms with E-state index in [0.29, 0.717) is 0 Å². The van der Waals surface area contributed by atoms with Crippen LogP contribution in [0, 0.1) is 10.1 Å². The zero-order valence-corrected chi connectivity index (χ0v) is 8.47. The third kappa shape index (κ3) is 2.12. The van der Waals surface area contributed by atoms with Gasteiger partial charge in [0.05, 0.1) is 4.92 Å². The molecule has 0 atom stereocenters. The summed E-state index contributed by atoms with van der Waals surface area (Å²) in [4.78, 5) is 37.2. The average Bonchev–Trinajstić information content (AvgIpc) is 2.75. The molecule has 0 saturated carbocycles. The number of rotatable bonds is 3. The predicted molar refractivity (Wildman–Crippen MR) is 57.9 cm³/mol. The summed E-state index contributed by atoms with van der Waals surface area (Å²) >= 11 is 0. The van der Waals surface area contributed by atoms with Gasteiger partial charge in [0.15, 0.2) is 0 Å². The van der Waals surface area contributed by atoms with Gasteiger partial charge < -0.3 is 9.97 Å². The van der Waals surface area contributed by atoms with Crippen LogP contribution >= 0.6 is 0 Å². The molecular weight excluding hydrogens is 226 g/mol. The SMILES string of the molecule is O=C(c1cccc([N+](=O)[O-])c1)c1c[nH]c(=O)[nH]1. The molecule has 0 fully saturated rings. The normalized spacial score (nSPS) is 10.1. The molecule has 0 amide bonds. The van der Waals surface area contributed by atoms with Gasteiger partial charge in [-0.2, -0.15) is 0 Å². The van der Waals surface area contributed by atoms with Gasteiger partial charge in [0.2, 0.25) is 5.78 Å². The van der Waals surface area contributed by atoms with Crippen LogP contribution in [0.4, 0.5) is 5.69 Å². The maximum absolute atomic E-state index is 11.8. The molecule has 7 heteroatoms. The van der Waals surface area contributed by atoms with Gasteiger partial charge in [0.25, 0.3) is 5.69 Å². The molecule has 0 bridgehead atoms. The highest BCUT2D eigenvalue weighted by molar-refractivity contribution is 6.07. The smallest absolute Gasteiger partial charge is 0.312 e. The number of aromatic amines is 2. The van der Waals surface area contributed by atoms with Crippen LogP contribution in [0.5, 0.6) is 0 Å². The molecule has 0 saturated heterocycles. The predicted octanol–water partition coefficient (Wildman–Crippen LogP) is 0.842. The lowest BCUT2D eigenvalue weighted by atomic mass is 10.1. The number of non-ortho nitro benzene ring substituents is 1. The van der Waals surface area contributed by atoms with Gasteiger partial charge in [-0.25, -0.2) is 4.79 Å². The van der Waals surface area contributed by atoms with Crippen LogP contribution in [0.15, 0.2) is 35.3 Å². The van der Waals surface area contributed by atoms with Crippen molar-refractivity contribution >= 4 is 11.5 Å². The number of nitro benzene ring substituents is 1. The molecule has 1 aromatic heterocycles. The van der Waals surface area contributed by atoms with Gasteiger partial charge in [-0.1, -0.05) is 12.1 Å². The van der Waals surface area contributed by atoms with Crippen molar-refractivity contribution in [1.82, 2.24) is 9.97 Å². The minimum Gasteiger partial charge on any atom is -0.312 e. The quantitative estimate of drug-likeness (QED) is 0.465. The number of ketones is 1. The van der Waals surface area contributed by atoms with Crippen LogP contribution in [-0.4, -0.2) is 20.7 Å². The summed E-state index contributed by atoms with van der Waals surface area (Å²) in [6, 6.07) is 5.31. The Labute approximate surface area is 94.3 Å². The van der Waals surface area contributed by atoms with E-state index < -0.39 is 16.4 Å². The van der Waals surface area contributed by atoms with Crippen LogP contribution in [0.25, 0.3) is 0 Å². The minimum absolute atomic E-state index is 0.0653. The fourth-order valence-corrected chi connectivity index (χ4v) is 1.37. The summed E-state index contributed by atoms with van der Waals surface area (Å²) in [6.07, 6.45) is 1.23. The van der Waals surface area contributed by atoms with Gasteiger partial charge in [-0.3, -0.25) is 14.9 Å². The number of aromatic nitrogens is 2. The van der Waals surface area contributed by atoms with Gasteiger partial charge in [0, 0.05) is 23.9 Å². The Morgan fingerprint density at radius 3 is 2.71 bits per heavy atom. The van der Waals surface area contributed by atoms with Gasteiger partial charge in [0.1, 0.15) is 5.69 Å². The highest BCUT2D eigenvalue weighted by atomic mass is 16.6. The number of hydrogen-bond acceptors (Lipinski definition) is 4. The zero-order valence-electron chi connectivity index (χ0n) is 8.47. The molecule has 0 unspecified atom stereocenters. The molecular formula is C10H7N3O4. The Hall–Kier alpha value is -2.70. The fraction of sp³-hybridized carbons (Fsp3) is 0. The van der Waals surface area contributed by atoms with E-state index in [9.17, 15) is 19.7 Å². The van der Waals surface area contributed by atoms with E-state index >= 15 is 0 Å². The minimum atomic E-state index is -0.587. The Bertz CT molecular complexity index is 641. The molecule has 2 rings (SSSR count). The summed E-state index contributed by atoms with van der Waals surface area (Å²) in [6.45, 7) is 0. The van der Waals surface area contributed by atoms with Gasteiger partial charge in [-0.05, 0) is 0 Å². The van der Waals surface area contributed by atoms with E-state index in [1.165, 1.54) is 24.4 Å². The first-order valence-electron chi connectivity index (χ1n) is 4.65. The number of carbonyl (C=O) groups excluding carboxylic acids is 1. The maximum atomic E-state index is 11.8. The molecule has 86 valence electrons. The van der Waals surface area contributed by atoms with Gasteiger partial charge in [-0.15, -0.1) is 0 Å². The molecule has 2 aromatic rings. The molecule has 0 spiro atoms. The Morgan fingerprint density at radius 2 is 2.12 bits per heavy atom. The van der Waals surface area contributed by atoms with E-state index in [4.69, 9.17) is 0 Å². The summed E-state index contributed by atoms with van der Waals surface area (Å²) in [5, 5.41) is 10.5. The number of nitro groups is 1. The molecule has 2 N–H and O–H groups in total. The van der Waals surface area contributed by atoms with E-state index in [1.807, 2.05) is 0 Å². The lowest BCUT2D eigenvalue weighted by Crippen LogP contribution is -2.06. The summed E-state index contributed by atoms with van der Waals surface area (Å²) < 4.78 is 0. The van der Waals surface area contributed by atoms with Crippen molar-refractivity contribution in [2.75, 3.05) is 0 Å². The van der Waals surface area contributed by atoms with Crippen molar-refractivity contribution in [2.45, 2.75) is 0 Å². The summed E-state index contributed by atoms with van der Waals surface area (Å²) in [5.74, 6) is -0.480. The van der Waals surface area contributed by atoms with Crippen LogP contribution in [0.1, 0.15) is 16.1 Å². The molecule has 0 aliphatic carbocycles. The number of H-pyrrole nitrogens is 2. The molecule has 17 heavy (non-hydrogen) atoms. The number of nitrogens with zero attached hydrogens (tertiary/aromatic N) is 1. The molecule has 0 radical (unpaired) electrons. The molecule has 1 aromatic carbocycles. The van der Waals surface area contributed by atoms with Crippen LogP contribution in [-0.2, 0) is 0 Å². The first kappa shape index (κ1) is 10.8. The van der Waals surface area contributed by atoms with E-state index in [-0.39, 0.29) is 16.9 Å². The van der Waals surface area contributed by atoms with Crippen LogP contribution in [0.2, 0.25) is 0 Å². The standard InChI is InChI=1S/C10H7N3O4/c14-9(8-5-11-10(15)12-8)6-2-1-3-7(4-6)13(16)17/h1-5H,(H2,11,12,15). The number of hydrogen-bond donors (Lipinski definition) is 2. The van der Waals surface area contributed by atoms with E-state index in [1.54, 1.807) is 0 Å². The van der Waals surface area contributed by atoms with Gasteiger partial charge >= 0.3 is 5.69 Å². The summed E-state index contributed by atoms with van der Waals surface area (Å²) in [5.41, 5.74) is -0.461. The van der Waals surface area contributed by atoms with Crippen molar-refractivity contribution < 1.29 is 9.72 Å². The van der Waals surface area contributed by atoms with Crippen molar-refractivity contribution in [3.63, 3.8) is 0 Å². The Morgan fingerprint density at radius 1 is 1.35 bits per heavy atom.